The number of benzene rings is 1. The maximum absolute atomic E-state index is 12.2. The van der Waals surface area contributed by atoms with Crippen molar-refractivity contribution in [3.05, 3.63) is 60.1 Å². The number of nitrogens with one attached hydrogen (secondary N) is 1. The number of carbonyl (C=O) groups excluding carboxylic acids is 1. The Bertz CT molecular complexity index is 854. The Morgan fingerprint density at radius 1 is 1.20 bits per heavy atom. The van der Waals surface area contributed by atoms with Crippen molar-refractivity contribution in [1.82, 2.24) is 20.4 Å². The minimum Gasteiger partial charge on any atom is -0.480 e. The molecule has 1 atom stereocenters. The highest BCUT2D eigenvalue weighted by molar-refractivity contribution is 5.82. The van der Waals surface area contributed by atoms with Crippen LogP contribution in [-0.4, -0.2) is 33.7 Å². The van der Waals surface area contributed by atoms with Gasteiger partial charge in [0.1, 0.15) is 11.4 Å². The van der Waals surface area contributed by atoms with E-state index in [1.54, 1.807) is 6.20 Å². The maximum atomic E-state index is 12.2. The van der Waals surface area contributed by atoms with E-state index in [1.165, 1.54) is 0 Å². The van der Waals surface area contributed by atoms with Crippen LogP contribution < -0.4 is 10.1 Å². The summed E-state index contributed by atoms with van der Waals surface area (Å²) in [5, 5.41) is 6.75. The first-order valence-electron chi connectivity index (χ1n) is 8.06. The molecule has 7 heteroatoms. The van der Waals surface area contributed by atoms with Crippen LogP contribution >= 0.6 is 0 Å². The minimum absolute atomic E-state index is 0.138. The summed E-state index contributed by atoms with van der Waals surface area (Å²) in [4.78, 5) is 20.7. The van der Waals surface area contributed by atoms with Gasteiger partial charge in [0.2, 0.25) is 11.7 Å². The molecular weight excluding hydrogens is 320 g/mol. The molecule has 0 bridgehead atoms. The zero-order chi connectivity index (χ0) is 17.1. The number of aromatic nitrogens is 3. The number of fused-ring (bicyclic) bond motifs is 1. The maximum Gasteiger partial charge on any atom is 0.261 e. The second kappa shape index (κ2) is 6.72. The van der Waals surface area contributed by atoms with Gasteiger partial charge in [0, 0.05) is 25.6 Å². The summed E-state index contributed by atoms with van der Waals surface area (Å²) in [6.45, 7) is 0.402. The first-order valence-corrected chi connectivity index (χ1v) is 8.06. The molecule has 3 aromatic rings. The average molecular weight is 336 g/mol. The van der Waals surface area contributed by atoms with Crippen LogP contribution in [0.4, 0.5) is 0 Å². The number of amides is 1. The number of rotatable bonds is 5. The molecule has 0 unspecified atom stereocenters. The van der Waals surface area contributed by atoms with Crippen LogP contribution in [0.3, 0.4) is 0 Å². The standard InChI is InChI=1S/C18H16N4O3/c23-18(15-11-12-5-1-2-7-14(12)24-15)20-10-8-16-21-17(22-25-16)13-6-3-4-9-19-13/h1-7,9,15H,8,10-11H2,(H,20,23)/t15-/m1/s1. The molecule has 1 amide bonds. The molecule has 2 aromatic heterocycles. The Morgan fingerprint density at radius 3 is 2.92 bits per heavy atom. The van der Waals surface area contributed by atoms with Crippen molar-refractivity contribution in [2.45, 2.75) is 18.9 Å². The summed E-state index contributed by atoms with van der Waals surface area (Å²) >= 11 is 0. The number of carbonyl (C=O) groups is 1. The van der Waals surface area contributed by atoms with E-state index in [9.17, 15) is 4.79 Å². The van der Waals surface area contributed by atoms with Gasteiger partial charge in [0.25, 0.3) is 5.91 Å². The quantitative estimate of drug-likeness (QED) is 0.764. The molecule has 0 fully saturated rings. The summed E-state index contributed by atoms with van der Waals surface area (Å²) in [6, 6.07) is 13.2. The Hall–Kier alpha value is -3.22. The molecule has 0 radical (unpaired) electrons. The minimum atomic E-state index is -0.482. The first kappa shape index (κ1) is 15.3. The van der Waals surface area contributed by atoms with Gasteiger partial charge >= 0.3 is 0 Å². The lowest BCUT2D eigenvalue weighted by Gasteiger charge is -2.10. The van der Waals surface area contributed by atoms with E-state index in [-0.39, 0.29) is 5.91 Å². The number of para-hydroxylation sites is 1. The highest BCUT2D eigenvalue weighted by Gasteiger charge is 2.28. The van der Waals surface area contributed by atoms with Crippen molar-refractivity contribution < 1.29 is 14.1 Å². The number of nitrogens with zero attached hydrogens (tertiary/aromatic N) is 3. The Labute approximate surface area is 144 Å². The smallest absolute Gasteiger partial charge is 0.261 e. The largest absolute Gasteiger partial charge is 0.480 e. The zero-order valence-electron chi connectivity index (χ0n) is 13.4. The molecule has 7 nitrogen and oxygen atoms in total. The molecule has 4 rings (SSSR count). The molecule has 0 spiro atoms. The Kier molecular flexibility index (Phi) is 4.12. The van der Waals surface area contributed by atoms with E-state index >= 15 is 0 Å². The van der Waals surface area contributed by atoms with Crippen LogP contribution in [0.15, 0.2) is 53.2 Å². The van der Waals surface area contributed by atoms with Crippen LogP contribution in [0, 0.1) is 0 Å². The second-order valence-corrected chi connectivity index (χ2v) is 5.69. The summed E-state index contributed by atoms with van der Waals surface area (Å²) in [7, 11) is 0. The lowest BCUT2D eigenvalue weighted by molar-refractivity contribution is -0.127. The van der Waals surface area contributed by atoms with Gasteiger partial charge in [-0.1, -0.05) is 29.4 Å². The van der Waals surface area contributed by atoms with Gasteiger partial charge in [0.05, 0.1) is 0 Å². The monoisotopic (exact) mass is 336 g/mol. The van der Waals surface area contributed by atoms with Crippen LogP contribution in [-0.2, 0) is 17.6 Å². The molecule has 126 valence electrons. The van der Waals surface area contributed by atoms with Gasteiger partial charge in [-0.3, -0.25) is 9.78 Å². The highest BCUT2D eigenvalue weighted by atomic mass is 16.5. The predicted octanol–water partition coefficient (Wildman–Crippen LogP) is 1.79. The van der Waals surface area contributed by atoms with Crippen LogP contribution in [0.2, 0.25) is 0 Å². The van der Waals surface area contributed by atoms with E-state index in [0.29, 0.717) is 36.8 Å². The summed E-state index contributed by atoms with van der Waals surface area (Å²) in [6.07, 6.45) is 2.23. The topological polar surface area (TPSA) is 90.1 Å². The molecule has 0 saturated carbocycles. The van der Waals surface area contributed by atoms with Crippen LogP contribution in [0.1, 0.15) is 11.5 Å². The molecule has 0 saturated heterocycles. The fraction of sp³-hybridized carbons (Fsp3) is 0.222. The van der Waals surface area contributed by atoms with E-state index in [1.807, 2.05) is 42.5 Å². The molecule has 25 heavy (non-hydrogen) atoms. The van der Waals surface area contributed by atoms with Crippen LogP contribution in [0.25, 0.3) is 11.5 Å². The second-order valence-electron chi connectivity index (χ2n) is 5.69. The summed E-state index contributed by atoms with van der Waals surface area (Å²) in [5.41, 5.74) is 1.71. The fourth-order valence-electron chi connectivity index (χ4n) is 2.69. The van der Waals surface area contributed by atoms with Crippen molar-refractivity contribution in [1.29, 1.82) is 0 Å². The van der Waals surface area contributed by atoms with E-state index in [2.05, 4.69) is 20.4 Å². The normalized spacial score (nSPS) is 15.4. The molecular formula is C18H16N4O3. The molecule has 1 aliphatic heterocycles. The Balaban J connectivity index is 1.29. The number of ether oxygens (including phenoxy) is 1. The number of hydrogen-bond acceptors (Lipinski definition) is 6. The SMILES string of the molecule is O=C(NCCc1nc(-c2ccccn2)no1)[C@H]1Cc2ccccc2O1. The van der Waals surface area contributed by atoms with Crippen molar-refractivity contribution >= 4 is 5.91 Å². The summed E-state index contributed by atoms with van der Waals surface area (Å²) < 4.78 is 10.9. The van der Waals surface area contributed by atoms with E-state index < -0.39 is 6.10 Å². The predicted molar refractivity (Wildman–Crippen MR) is 88.8 cm³/mol. The zero-order valence-corrected chi connectivity index (χ0v) is 13.4. The van der Waals surface area contributed by atoms with E-state index in [4.69, 9.17) is 9.26 Å². The van der Waals surface area contributed by atoms with Gasteiger partial charge in [-0.25, -0.2) is 0 Å². The third-order valence-corrected chi connectivity index (χ3v) is 3.94. The molecule has 0 aliphatic carbocycles. The fourth-order valence-corrected chi connectivity index (χ4v) is 2.69. The lowest BCUT2D eigenvalue weighted by Crippen LogP contribution is -2.38. The molecule has 1 N–H and O–H groups in total. The van der Waals surface area contributed by atoms with Crippen LogP contribution in [0.5, 0.6) is 5.75 Å². The average Bonchev–Trinajstić information content (AvgIpc) is 3.29. The van der Waals surface area contributed by atoms with Gasteiger partial charge in [-0.15, -0.1) is 0 Å². The number of hydrogen-bond donors (Lipinski definition) is 1. The molecule has 1 aromatic carbocycles. The number of pyridine rings is 1. The summed E-state index contributed by atoms with van der Waals surface area (Å²) in [5.74, 6) is 1.54. The van der Waals surface area contributed by atoms with E-state index in [0.717, 1.165) is 11.3 Å². The van der Waals surface area contributed by atoms with Crippen molar-refractivity contribution in [3.8, 4) is 17.3 Å². The third kappa shape index (κ3) is 3.35. The molecule has 1 aliphatic rings. The highest BCUT2D eigenvalue weighted by Crippen LogP contribution is 2.28. The van der Waals surface area contributed by atoms with Crippen molar-refractivity contribution in [3.63, 3.8) is 0 Å². The third-order valence-electron chi connectivity index (χ3n) is 3.94. The first-order chi connectivity index (χ1) is 12.3. The molecule has 3 heterocycles. The van der Waals surface area contributed by atoms with Gasteiger partial charge in [0.15, 0.2) is 6.10 Å². The van der Waals surface area contributed by atoms with Crippen molar-refractivity contribution in [2.24, 2.45) is 0 Å². The lowest BCUT2D eigenvalue weighted by atomic mass is 10.1. The van der Waals surface area contributed by atoms with Crippen molar-refractivity contribution in [2.75, 3.05) is 6.54 Å². The Morgan fingerprint density at radius 2 is 2.08 bits per heavy atom. The van der Waals surface area contributed by atoms with Gasteiger partial charge < -0.3 is 14.6 Å². The van der Waals surface area contributed by atoms with Gasteiger partial charge in [-0.2, -0.15) is 4.98 Å². The van der Waals surface area contributed by atoms with Gasteiger partial charge in [-0.05, 0) is 23.8 Å².